The molecule has 0 aromatic heterocycles. The molecule has 1 aromatic rings. The molecule has 92 valence electrons. The van der Waals surface area contributed by atoms with Crippen LogP contribution in [0.4, 0.5) is 5.69 Å². The molecule has 0 aliphatic carbocycles. The number of carboxylic acid groups (broad SMARTS) is 1. The first-order chi connectivity index (χ1) is 8.04. The fraction of sp³-hybridized carbons (Fsp3) is 0.273. The number of hydrogen-bond acceptors (Lipinski definition) is 3. The Morgan fingerprint density at radius 2 is 2.18 bits per heavy atom. The van der Waals surface area contributed by atoms with E-state index in [1.807, 2.05) is 6.26 Å². The number of hydrogen-bond donors (Lipinski definition) is 2. The fourth-order valence-electron chi connectivity index (χ4n) is 1.21. The van der Waals surface area contributed by atoms with Crippen LogP contribution in [0.3, 0.4) is 0 Å². The lowest BCUT2D eigenvalue weighted by Crippen LogP contribution is -2.15. The van der Waals surface area contributed by atoms with E-state index in [1.165, 1.54) is 18.2 Å². The summed E-state index contributed by atoms with van der Waals surface area (Å²) in [5.74, 6) is -0.625. The Morgan fingerprint density at radius 3 is 2.76 bits per heavy atom. The summed E-state index contributed by atoms with van der Waals surface area (Å²) in [5.41, 5.74) is 0.267. The molecular weight excluding hydrogens is 262 g/mol. The van der Waals surface area contributed by atoms with Crippen molar-refractivity contribution in [3.63, 3.8) is 0 Å². The largest absolute Gasteiger partial charge is 0.478 e. The second kappa shape index (κ2) is 6.51. The summed E-state index contributed by atoms with van der Waals surface area (Å²) in [4.78, 5) is 22.4. The van der Waals surface area contributed by atoms with Gasteiger partial charge in [0.1, 0.15) is 0 Å². The van der Waals surface area contributed by atoms with Crippen LogP contribution in [-0.2, 0) is 4.79 Å². The van der Waals surface area contributed by atoms with Crippen molar-refractivity contribution in [2.24, 2.45) is 0 Å². The molecule has 0 bridgehead atoms. The van der Waals surface area contributed by atoms with Gasteiger partial charge in [0, 0.05) is 17.2 Å². The number of carboxylic acids is 1. The average Bonchev–Trinajstić information content (AvgIpc) is 2.26. The Labute approximate surface area is 108 Å². The number of anilines is 1. The van der Waals surface area contributed by atoms with E-state index in [-0.39, 0.29) is 17.2 Å². The number of aromatic carboxylic acids is 1. The molecular formula is C11H12ClNO3S. The molecule has 0 radical (unpaired) electrons. The Hall–Kier alpha value is -1.20. The maximum Gasteiger partial charge on any atom is 0.337 e. The van der Waals surface area contributed by atoms with E-state index in [0.29, 0.717) is 17.2 Å². The summed E-state index contributed by atoms with van der Waals surface area (Å²) in [6.07, 6.45) is 2.24. The molecule has 1 aromatic carbocycles. The first kappa shape index (κ1) is 13.9. The smallest absolute Gasteiger partial charge is 0.337 e. The van der Waals surface area contributed by atoms with Gasteiger partial charge in [-0.25, -0.2) is 4.79 Å². The van der Waals surface area contributed by atoms with E-state index < -0.39 is 5.97 Å². The van der Waals surface area contributed by atoms with Crippen molar-refractivity contribution in [3.8, 4) is 0 Å². The molecule has 1 rings (SSSR count). The number of amides is 1. The molecule has 0 atom stereocenters. The lowest BCUT2D eigenvalue weighted by molar-refractivity contribution is -0.115. The van der Waals surface area contributed by atoms with E-state index in [1.54, 1.807) is 11.8 Å². The third kappa shape index (κ3) is 4.28. The van der Waals surface area contributed by atoms with Crippen LogP contribution >= 0.6 is 23.4 Å². The van der Waals surface area contributed by atoms with Crippen LogP contribution in [0.25, 0.3) is 0 Å². The zero-order valence-electron chi connectivity index (χ0n) is 9.20. The fourth-order valence-corrected chi connectivity index (χ4v) is 1.78. The molecule has 0 aliphatic rings. The quantitative estimate of drug-likeness (QED) is 0.866. The van der Waals surface area contributed by atoms with Crippen LogP contribution in [0, 0.1) is 0 Å². The van der Waals surface area contributed by atoms with Crippen molar-refractivity contribution in [3.05, 3.63) is 28.8 Å². The predicted octanol–water partition coefficient (Wildman–Crippen LogP) is 2.73. The van der Waals surface area contributed by atoms with Gasteiger partial charge in [-0.3, -0.25) is 4.79 Å². The number of halogens is 1. The molecule has 0 saturated carbocycles. The normalized spacial score (nSPS) is 10.0. The van der Waals surface area contributed by atoms with Crippen molar-refractivity contribution >= 4 is 40.9 Å². The van der Waals surface area contributed by atoms with Gasteiger partial charge in [0.15, 0.2) is 0 Å². The van der Waals surface area contributed by atoms with Crippen molar-refractivity contribution in [1.29, 1.82) is 0 Å². The third-order valence-corrected chi connectivity index (χ3v) is 2.87. The third-order valence-electron chi connectivity index (χ3n) is 2.02. The van der Waals surface area contributed by atoms with Gasteiger partial charge in [0.25, 0.3) is 0 Å². The monoisotopic (exact) mass is 273 g/mol. The zero-order valence-corrected chi connectivity index (χ0v) is 10.8. The molecule has 2 N–H and O–H groups in total. The molecule has 4 nitrogen and oxygen atoms in total. The van der Waals surface area contributed by atoms with Gasteiger partial charge >= 0.3 is 5.97 Å². The first-order valence-corrected chi connectivity index (χ1v) is 6.63. The molecule has 1 amide bonds. The van der Waals surface area contributed by atoms with Crippen LogP contribution < -0.4 is 5.32 Å². The van der Waals surface area contributed by atoms with Gasteiger partial charge in [-0.2, -0.15) is 11.8 Å². The Bertz CT molecular complexity index is 437. The highest BCUT2D eigenvalue weighted by atomic mass is 35.5. The summed E-state index contributed by atoms with van der Waals surface area (Å²) in [7, 11) is 0. The van der Waals surface area contributed by atoms with Gasteiger partial charge in [-0.1, -0.05) is 11.6 Å². The average molecular weight is 274 g/mol. The summed E-state index contributed by atoms with van der Waals surface area (Å²) in [5, 5.41) is 11.9. The number of carbonyl (C=O) groups is 2. The van der Waals surface area contributed by atoms with E-state index >= 15 is 0 Å². The lowest BCUT2D eigenvalue weighted by Gasteiger charge is -2.08. The van der Waals surface area contributed by atoms with Crippen molar-refractivity contribution in [1.82, 2.24) is 0 Å². The van der Waals surface area contributed by atoms with Crippen LogP contribution in [0.5, 0.6) is 0 Å². The van der Waals surface area contributed by atoms with E-state index in [4.69, 9.17) is 16.7 Å². The predicted molar refractivity (Wildman–Crippen MR) is 70.0 cm³/mol. The Kier molecular flexibility index (Phi) is 5.31. The highest BCUT2D eigenvalue weighted by Gasteiger charge is 2.12. The molecule has 0 heterocycles. The minimum absolute atomic E-state index is 0.0342. The summed E-state index contributed by atoms with van der Waals surface area (Å²) < 4.78 is 0. The summed E-state index contributed by atoms with van der Waals surface area (Å²) in [6, 6.07) is 4.28. The Balaban J connectivity index is 2.85. The van der Waals surface area contributed by atoms with Crippen molar-refractivity contribution in [2.45, 2.75) is 6.42 Å². The maximum absolute atomic E-state index is 11.5. The maximum atomic E-state index is 11.5. The molecule has 17 heavy (non-hydrogen) atoms. The summed E-state index contributed by atoms with van der Waals surface area (Å²) in [6.45, 7) is 0. The van der Waals surface area contributed by atoms with Crippen LogP contribution in [-0.4, -0.2) is 29.0 Å². The van der Waals surface area contributed by atoms with E-state index in [9.17, 15) is 9.59 Å². The van der Waals surface area contributed by atoms with Crippen LogP contribution in [0.1, 0.15) is 16.8 Å². The minimum atomic E-state index is -1.10. The number of carbonyl (C=O) groups excluding carboxylic acids is 1. The van der Waals surface area contributed by atoms with Gasteiger partial charge in [0.2, 0.25) is 5.91 Å². The molecule has 0 unspecified atom stereocenters. The molecule has 6 heteroatoms. The number of nitrogens with one attached hydrogen (secondary N) is 1. The van der Waals surface area contributed by atoms with Gasteiger partial charge < -0.3 is 10.4 Å². The lowest BCUT2D eigenvalue weighted by atomic mass is 10.2. The molecule has 0 aliphatic heterocycles. The topological polar surface area (TPSA) is 66.4 Å². The van der Waals surface area contributed by atoms with Crippen LogP contribution in [0.2, 0.25) is 5.02 Å². The second-order valence-electron chi connectivity index (χ2n) is 3.29. The molecule has 0 saturated heterocycles. The Morgan fingerprint density at radius 1 is 1.47 bits per heavy atom. The first-order valence-electron chi connectivity index (χ1n) is 4.86. The SMILES string of the molecule is CSCCC(=O)Nc1cc(Cl)ccc1C(=O)O. The minimum Gasteiger partial charge on any atom is -0.478 e. The van der Waals surface area contributed by atoms with Gasteiger partial charge in [0.05, 0.1) is 11.3 Å². The highest BCUT2D eigenvalue weighted by Crippen LogP contribution is 2.21. The number of benzene rings is 1. The van der Waals surface area contributed by atoms with Gasteiger partial charge in [-0.05, 0) is 24.5 Å². The zero-order chi connectivity index (χ0) is 12.8. The van der Waals surface area contributed by atoms with E-state index in [2.05, 4.69) is 5.32 Å². The van der Waals surface area contributed by atoms with E-state index in [0.717, 1.165) is 0 Å². The highest BCUT2D eigenvalue weighted by molar-refractivity contribution is 7.98. The number of thioether (sulfide) groups is 1. The summed E-state index contributed by atoms with van der Waals surface area (Å²) >= 11 is 7.31. The van der Waals surface area contributed by atoms with Crippen molar-refractivity contribution in [2.75, 3.05) is 17.3 Å². The molecule has 0 fully saturated rings. The molecule has 0 spiro atoms. The van der Waals surface area contributed by atoms with Gasteiger partial charge in [-0.15, -0.1) is 0 Å². The van der Waals surface area contributed by atoms with Crippen molar-refractivity contribution < 1.29 is 14.7 Å². The number of rotatable bonds is 5. The van der Waals surface area contributed by atoms with Crippen LogP contribution in [0.15, 0.2) is 18.2 Å². The standard InChI is InChI=1S/C11H12ClNO3S/c1-17-5-4-10(14)13-9-6-7(12)2-3-8(9)11(15)16/h2-3,6H,4-5H2,1H3,(H,13,14)(H,15,16). The second-order valence-corrected chi connectivity index (χ2v) is 4.71.